The third-order valence-electron chi connectivity index (χ3n) is 4.64. The van der Waals surface area contributed by atoms with Gasteiger partial charge in [0.05, 0.1) is 10.2 Å². The van der Waals surface area contributed by atoms with Gasteiger partial charge in [0, 0.05) is 18.3 Å². The minimum atomic E-state index is -0.280. The summed E-state index contributed by atoms with van der Waals surface area (Å²) in [5.41, 5.74) is 3.07. The van der Waals surface area contributed by atoms with Crippen LogP contribution in [0, 0.1) is 5.82 Å². The number of hydrogen-bond acceptors (Lipinski definition) is 4. The van der Waals surface area contributed by atoms with Gasteiger partial charge in [-0.3, -0.25) is 4.79 Å². The third kappa shape index (κ3) is 2.99. The molecule has 2 aromatic carbocycles. The first kappa shape index (κ1) is 16.8. The molecule has 28 heavy (non-hydrogen) atoms. The van der Waals surface area contributed by atoms with Crippen LogP contribution in [0.1, 0.15) is 16.1 Å². The lowest BCUT2D eigenvalue weighted by Crippen LogP contribution is -2.17. The standard InChI is InChI=1S/C21H15FN2O3S/c22-14-3-1-13(2-4-14)11-24-16-7-8-28-20(16)10-17(24)21(25)23-15-5-6-18-19(9-15)27-12-26-18/h1-10H,11-12H2,(H,23,25). The number of aromatic nitrogens is 1. The Balaban J connectivity index is 1.47. The van der Waals surface area contributed by atoms with Gasteiger partial charge in [0.25, 0.3) is 5.91 Å². The van der Waals surface area contributed by atoms with Gasteiger partial charge in [0.1, 0.15) is 11.5 Å². The third-order valence-corrected chi connectivity index (χ3v) is 5.49. The van der Waals surface area contributed by atoms with Gasteiger partial charge in [-0.2, -0.15) is 0 Å². The number of hydrogen-bond donors (Lipinski definition) is 1. The summed E-state index contributed by atoms with van der Waals surface area (Å²) in [6, 6.07) is 15.5. The zero-order valence-electron chi connectivity index (χ0n) is 14.6. The number of anilines is 1. The first-order valence-electron chi connectivity index (χ1n) is 8.69. The number of ether oxygens (including phenoxy) is 2. The minimum Gasteiger partial charge on any atom is -0.454 e. The molecule has 4 aromatic rings. The van der Waals surface area contributed by atoms with Crippen LogP contribution in [-0.4, -0.2) is 17.3 Å². The number of nitrogens with one attached hydrogen (secondary N) is 1. The number of nitrogens with zero attached hydrogens (tertiary/aromatic N) is 1. The smallest absolute Gasteiger partial charge is 0.272 e. The van der Waals surface area contributed by atoms with Gasteiger partial charge in [-0.05, 0) is 47.3 Å². The fraction of sp³-hybridized carbons (Fsp3) is 0.0952. The second-order valence-electron chi connectivity index (χ2n) is 6.43. The number of rotatable bonds is 4. The summed E-state index contributed by atoms with van der Waals surface area (Å²) < 4.78 is 26.9. The zero-order chi connectivity index (χ0) is 19.1. The van der Waals surface area contributed by atoms with Crippen molar-refractivity contribution in [2.45, 2.75) is 6.54 Å². The number of fused-ring (bicyclic) bond motifs is 2. The Hall–Kier alpha value is -3.32. The molecule has 1 amide bonds. The Morgan fingerprint density at radius 1 is 1.07 bits per heavy atom. The Morgan fingerprint density at radius 3 is 2.75 bits per heavy atom. The number of carbonyl (C=O) groups is 1. The molecule has 1 N–H and O–H groups in total. The van der Waals surface area contributed by atoms with Crippen LogP contribution in [0.15, 0.2) is 60.0 Å². The van der Waals surface area contributed by atoms with E-state index in [-0.39, 0.29) is 18.5 Å². The van der Waals surface area contributed by atoms with Crippen molar-refractivity contribution in [3.05, 3.63) is 77.1 Å². The van der Waals surface area contributed by atoms with Crippen LogP contribution in [-0.2, 0) is 6.54 Å². The highest BCUT2D eigenvalue weighted by Crippen LogP contribution is 2.34. The first-order valence-corrected chi connectivity index (χ1v) is 9.57. The van der Waals surface area contributed by atoms with E-state index in [1.165, 1.54) is 12.1 Å². The fourth-order valence-electron chi connectivity index (χ4n) is 3.28. The van der Waals surface area contributed by atoms with Crippen LogP contribution in [0.2, 0.25) is 0 Å². The highest BCUT2D eigenvalue weighted by atomic mass is 32.1. The molecule has 2 aromatic heterocycles. The van der Waals surface area contributed by atoms with Crippen LogP contribution >= 0.6 is 11.3 Å². The van der Waals surface area contributed by atoms with E-state index in [0.29, 0.717) is 29.4 Å². The molecule has 0 saturated carbocycles. The Kier molecular flexibility index (Phi) is 4.02. The average Bonchev–Trinajstić information content (AvgIpc) is 3.40. The topological polar surface area (TPSA) is 52.5 Å². The minimum absolute atomic E-state index is 0.184. The van der Waals surface area contributed by atoms with Crippen LogP contribution < -0.4 is 14.8 Å². The second kappa shape index (κ2) is 6.69. The molecule has 0 fully saturated rings. The molecule has 0 bridgehead atoms. The number of amides is 1. The predicted octanol–water partition coefficient (Wildman–Crippen LogP) is 4.87. The maximum Gasteiger partial charge on any atom is 0.272 e. The zero-order valence-corrected chi connectivity index (χ0v) is 15.5. The monoisotopic (exact) mass is 394 g/mol. The highest BCUT2D eigenvalue weighted by molar-refractivity contribution is 7.17. The summed E-state index contributed by atoms with van der Waals surface area (Å²) in [6.45, 7) is 0.661. The van der Waals surface area contributed by atoms with E-state index in [1.807, 2.05) is 22.1 Å². The predicted molar refractivity (Wildman–Crippen MR) is 106 cm³/mol. The molecular formula is C21H15FN2O3S. The van der Waals surface area contributed by atoms with Crippen molar-refractivity contribution in [2.24, 2.45) is 0 Å². The Morgan fingerprint density at radius 2 is 1.89 bits per heavy atom. The maximum atomic E-state index is 13.2. The van der Waals surface area contributed by atoms with E-state index in [1.54, 1.807) is 41.7 Å². The molecule has 0 aliphatic carbocycles. The van der Waals surface area contributed by atoms with Gasteiger partial charge in [-0.15, -0.1) is 11.3 Å². The van der Waals surface area contributed by atoms with Gasteiger partial charge < -0.3 is 19.4 Å². The summed E-state index contributed by atoms with van der Waals surface area (Å²) in [6.07, 6.45) is 0. The van der Waals surface area contributed by atoms with Crippen LogP contribution in [0.25, 0.3) is 10.2 Å². The summed E-state index contributed by atoms with van der Waals surface area (Å²) in [4.78, 5) is 13.0. The van der Waals surface area contributed by atoms with Gasteiger partial charge in [-0.1, -0.05) is 12.1 Å². The van der Waals surface area contributed by atoms with E-state index in [9.17, 15) is 9.18 Å². The van der Waals surface area contributed by atoms with E-state index < -0.39 is 0 Å². The summed E-state index contributed by atoms with van der Waals surface area (Å²) in [5, 5.41) is 4.91. The average molecular weight is 394 g/mol. The SMILES string of the molecule is O=C(Nc1ccc2c(c1)OCO2)c1cc2sccc2n1Cc1ccc(F)cc1. The quantitative estimate of drug-likeness (QED) is 0.537. The normalized spacial score (nSPS) is 12.5. The maximum absolute atomic E-state index is 13.2. The number of carbonyl (C=O) groups excluding carboxylic acids is 1. The Labute approximate surface area is 163 Å². The molecular weight excluding hydrogens is 379 g/mol. The van der Waals surface area contributed by atoms with Crippen LogP contribution in [0.5, 0.6) is 11.5 Å². The van der Waals surface area contributed by atoms with Crippen LogP contribution in [0.3, 0.4) is 0 Å². The van der Waals surface area contributed by atoms with Crippen molar-refractivity contribution >= 4 is 33.1 Å². The van der Waals surface area contributed by atoms with Gasteiger partial charge in [0.15, 0.2) is 11.5 Å². The Bertz CT molecular complexity index is 1180. The molecule has 0 atom stereocenters. The molecule has 0 unspecified atom stereocenters. The lowest BCUT2D eigenvalue weighted by atomic mass is 10.2. The van der Waals surface area contributed by atoms with Crippen molar-refractivity contribution in [1.82, 2.24) is 4.57 Å². The second-order valence-corrected chi connectivity index (χ2v) is 7.38. The van der Waals surface area contributed by atoms with Crippen molar-refractivity contribution < 1.29 is 18.7 Å². The summed E-state index contributed by atoms with van der Waals surface area (Å²) in [7, 11) is 0. The largest absolute Gasteiger partial charge is 0.454 e. The van der Waals surface area contributed by atoms with Crippen molar-refractivity contribution in [1.29, 1.82) is 0 Å². The molecule has 0 radical (unpaired) electrons. The highest BCUT2D eigenvalue weighted by Gasteiger charge is 2.19. The number of halogens is 1. The summed E-state index contributed by atoms with van der Waals surface area (Å²) >= 11 is 1.58. The number of thiophene rings is 1. The molecule has 140 valence electrons. The molecule has 1 aliphatic heterocycles. The van der Waals surface area contributed by atoms with E-state index in [2.05, 4.69) is 5.32 Å². The van der Waals surface area contributed by atoms with Crippen molar-refractivity contribution in [2.75, 3.05) is 12.1 Å². The van der Waals surface area contributed by atoms with E-state index in [4.69, 9.17) is 9.47 Å². The molecule has 3 heterocycles. The number of benzene rings is 2. The van der Waals surface area contributed by atoms with Gasteiger partial charge >= 0.3 is 0 Å². The molecule has 5 nitrogen and oxygen atoms in total. The lowest BCUT2D eigenvalue weighted by molar-refractivity contribution is 0.101. The molecule has 0 spiro atoms. The van der Waals surface area contributed by atoms with Crippen LogP contribution in [0.4, 0.5) is 10.1 Å². The lowest BCUT2D eigenvalue weighted by Gasteiger charge is -2.11. The molecule has 0 saturated heterocycles. The molecule has 5 rings (SSSR count). The fourth-order valence-corrected chi connectivity index (χ4v) is 4.10. The molecule has 7 heteroatoms. The first-order chi connectivity index (χ1) is 13.7. The van der Waals surface area contributed by atoms with E-state index >= 15 is 0 Å². The van der Waals surface area contributed by atoms with Gasteiger partial charge in [0.2, 0.25) is 6.79 Å². The summed E-state index contributed by atoms with van der Waals surface area (Å²) in [5.74, 6) is 0.778. The van der Waals surface area contributed by atoms with Crippen molar-refractivity contribution in [3.8, 4) is 11.5 Å². The van der Waals surface area contributed by atoms with E-state index in [0.717, 1.165) is 15.8 Å². The van der Waals surface area contributed by atoms with Gasteiger partial charge in [-0.25, -0.2) is 4.39 Å². The van der Waals surface area contributed by atoms with Crippen molar-refractivity contribution in [3.63, 3.8) is 0 Å². The molecule has 1 aliphatic rings.